The standard InChI is InChI=1S/C21H24ClN3O4S/c1-15(25(30(2,28)29)17-9-7-8-16(22)14-17)20(26)23-19-11-4-3-10-18(19)21(27)24-12-5-6-13-24/h3-4,7-11,14-15H,5-6,12-13H2,1-2H3,(H,23,26)/t15-/m0/s1. The molecule has 1 aliphatic heterocycles. The first-order chi connectivity index (χ1) is 14.2. The number of carbonyl (C=O) groups excluding carboxylic acids is 2. The lowest BCUT2D eigenvalue weighted by Crippen LogP contribution is -2.45. The second-order valence-electron chi connectivity index (χ2n) is 7.25. The van der Waals surface area contributed by atoms with Gasteiger partial charge in [0.15, 0.2) is 0 Å². The van der Waals surface area contributed by atoms with Gasteiger partial charge in [0.1, 0.15) is 6.04 Å². The first kappa shape index (κ1) is 22.1. The van der Waals surface area contributed by atoms with Crippen molar-refractivity contribution in [3.63, 3.8) is 0 Å². The van der Waals surface area contributed by atoms with Gasteiger partial charge < -0.3 is 10.2 Å². The number of likely N-dealkylation sites (tertiary alicyclic amines) is 1. The van der Waals surface area contributed by atoms with Gasteiger partial charge >= 0.3 is 0 Å². The summed E-state index contributed by atoms with van der Waals surface area (Å²) in [7, 11) is -3.77. The molecule has 1 N–H and O–H groups in total. The molecule has 1 heterocycles. The van der Waals surface area contributed by atoms with Crippen LogP contribution in [0, 0.1) is 0 Å². The van der Waals surface area contributed by atoms with Crippen LogP contribution in [-0.4, -0.2) is 50.5 Å². The van der Waals surface area contributed by atoms with Crippen LogP contribution in [0.15, 0.2) is 48.5 Å². The monoisotopic (exact) mass is 449 g/mol. The Morgan fingerprint density at radius 2 is 1.77 bits per heavy atom. The Bertz CT molecular complexity index is 1050. The van der Waals surface area contributed by atoms with Crippen LogP contribution in [0.4, 0.5) is 11.4 Å². The van der Waals surface area contributed by atoms with Gasteiger partial charge in [-0.15, -0.1) is 0 Å². The highest BCUT2D eigenvalue weighted by Crippen LogP contribution is 2.26. The summed E-state index contributed by atoms with van der Waals surface area (Å²) in [6.45, 7) is 2.87. The second-order valence-corrected chi connectivity index (χ2v) is 9.54. The Balaban J connectivity index is 1.87. The molecule has 0 radical (unpaired) electrons. The van der Waals surface area contributed by atoms with Crippen molar-refractivity contribution >= 4 is 44.8 Å². The zero-order chi connectivity index (χ0) is 21.9. The molecule has 7 nitrogen and oxygen atoms in total. The summed E-state index contributed by atoms with van der Waals surface area (Å²) in [5.74, 6) is -0.701. The summed E-state index contributed by atoms with van der Waals surface area (Å²) < 4.78 is 25.9. The average Bonchev–Trinajstić information content (AvgIpc) is 3.21. The molecule has 0 aliphatic carbocycles. The van der Waals surface area contributed by atoms with Crippen molar-refractivity contribution in [2.75, 3.05) is 29.0 Å². The van der Waals surface area contributed by atoms with Crippen LogP contribution < -0.4 is 9.62 Å². The maximum atomic E-state index is 13.0. The minimum absolute atomic E-state index is 0.147. The van der Waals surface area contributed by atoms with E-state index < -0.39 is 22.0 Å². The summed E-state index contributed by atoms with van der Waals surface area (Å²) in [5, 5.41) is 3.08. The SMILES string of the molecule is C[C@@H](C(=O)Nc1ccccc1C(=O)N1CCCC1)N(c1cccc(Cl)c1)S(C)(=O)=O. The molecule has 9 heteroatoms. The molecule has 2 aromatic rings. The zero-order valence-electron chi connectivity index (χ0n) is 16.8. The first-order valence-electron chi connectivity index (χ1n) is 9.62. The number of para-hydroxylation sites is 1. The molecule has 1 fully saturated rings. The van der Waals surface area contributed by atoms with Gasteiger partial charge in [0.2, 0.25) is 15.9 Å². The van der Waals surface area contributed by atoms with Crippen molar-refractivity contribution in [1.29, 1.82) is 0 Å². The quantitative estimate of drug-likeness (QED) is 0.732. The lowest BCUT2D eigenvalue weighted by atomic mass is 10.1. The normalized spacial score (nSPS) is 15.0. The predicted molar refractivity (Wildman–Crippen MR) is 118 cm³/mol. The van der Waals surface area contributed by atoms with Gasteiger partial charge in [-0.3, -0.25) is 13.9 Å². The average molecular weight is 450 g/mol. The summed E-state index contributed by atoms with van der Waals surface area (Å²) in [6, 6.07) is 12.0. The molecular formula is C21H24ClN3O4S. The highest BCUT2D eigenvalue weighted by molar-refractivity contribution is 7.92. The largest absolute Gasteiger partial charge is 0.339 e. The number of rotatable bonds is 6. The predicted octanol–water partition coefficient (Wildman–Crippen LogP) is 3.37. The molecule has 2 aromatic carbocycles. The molecular weight excluding hydrogens is 426 g/mol. The van der Waals surface area contributed by atoms with E-state index in [9.17, 15) is 18.0 Å². The molecule has 1 atom stereocenters. The number of amides is 2. The number of halogens is 1. The molecule has 160 valence electrons. The lowest BCUT2D eigenvalue weighted by molar-refractivity contribution is -0.116. The van der Waals surface area contributed by atoms with E-state index in [1.807, 2.05) is 0 Å². The minimum atomic E-state index is -3.77. The fourth-order valence-electron chi connectivity index (χ4n) is 3.53. The number of anilines is 2. The van der Waals surface area contributed by atoms with Crippen molar-refractivity contribution < 1.29 is 18.0 Å². The van der Waals surface area contributed by atoms with E-state index in [2.05, 4.69) is 5.32 Å². The van der Waals surface area contributed by atoms with Crippen molar-refractivity contribution in [3.8, 4) is 0 Å². The maximum absolute atomic E-state index is 13.0. The van der Waals surface area contributed by atoms with E-state index in [1.165, 1.54) is 13.0 Å². The molecule has 1 saturated heterocycles. The number of carbonyl (C=O) groups is 2. The minimum Gasteiger partial charge on any atom is -0.339 e. The van der Waals surface area contributed by atoms with E-state index in [-0.39, 0.29) is 11.6 Å². The number of hydrogen-bond donors (Lipinski definition) is 1. The van der Waals surface area contributed by atoms with Gasteiger partial charge in [0.05, 0.1) is 23.2 Å². The number of benzene rings is 2. The van der Waals surface area contributed by atoms with Crippen LogP contribution in [0.3, 0.4) is 0 Å². The van der Waals surface area contributed by atoms with Crippen LogP contribution in [0.1, 0.15) is 30.1 Å². The third-order valence-corrected chi connectivity index (χ3v) is 6.44. The van der Waals surface area contributed by atoms with Gasteiger partial charge in [-0.1, -0.05) is 29.8 Å². The summed E-state index contributed by atoms with van der Waals surface area (Å²) in [4.78, 5) is 27.6. The Morgan fingerprint density at radius 1 is 1.10 bits per heavy atom. The van der Waals surface area contributed by atoms with Crippen LogP contribution >= 0.6 is 11.6 Å². The molecule has 0 spiro atoms. The highest BCUT2D eigenvalue weighted by Gasteiger charge is 2.30. The third kappa shape index (κ3) is 4.94. The zero-order valence-corrected chi connectivity index (χ0v) is 18.4. The fraction of sp³-hybridized carbons (Fsp3) is 0.333. The molecule has 0 bridgehead atoms. The third-order valence-electron chi connectivity index (χ3n) is 4.96. The summed E-state index contributed by atoms with van der Waals surface area (Å²) >= 11 is 6.01. The van der Waals surface area contributed by atoms with Crippen molar-refractivity contribution in [1.82, 2.24) is 4.90 Å². The molecule has 30 heavy (non-hydrogen) atoms. The number of sulfonamides is 1. The summed E-state index contributed by atoms with van der Waals surface area (Å²) in [6.07, 6.45) is 2.95. The Hall–Kier alpha value is -2.58. The molecule has 0 aromatic heterocycles. The number of hydrogen-bond acceptors (Lipinski definition) is 4. The Labute approximate surface area is 181 Å². The van der Waals surface area contributed by atoms with Crippen LogP contribution in [0.2, 0.25) is 5.02 Å². The fourth-order valence-corrected chi connectivity index (χ4v) is 4.88. The number of nitrogens with zero attached hydrogens (tertiary/aromatic N) is 2. The Kier molecular flexibility index (Phi) is 6.67. The number of nitrogens with one attached hydrogen (secondary N) is 1. The van der Waals surface area contributed by atoms with Gasteiger partial charge in [-0.05, 0) is 50.1 Å². The molecule has 0 saturated carbocycles. The molecule has 1 aliphatic rings. The molecule has 0 unspecified atom stereocenters. The van der Waals surface area contributed by atoms with E-state index in [0.29, 0.717) is 29.4 Å². The van der Waals surface area contributed by atoms with Crippen molar-refractivity contribution in [2.45, 2.75) is 25.8 Å². The van der Waals surface area contributed by atoms with E-state index in [0.717, 1.165) is 23.4 Å². The van der Waals surface area contributed by atoms with Gasteiger partial charge in [-0.25, -0.2) is 8.42 Å². The summed E-state index contributed by atoms with van der Waals surface area (Å²) in [5.41, 5.74) is 1.02. The van der Waals surface area contributed by atoms with Crippen LogP contribution in [0.25, 0.3) is 0 Å². The van der Waals surface area contributed by atoms with Crippen LogP contribution in [-0.2, 0) is 14.8 Å². The smallest absolute Gasteiger partial charge is 0.255 e. The van der Waals surface area contributed by atoms with Gasteiger partial charge in [0.25, 0.3) is 5.91 Å². The van der Waals surface area contributed by atoms with Gasteiger partial charge in [0, 0.05) is 18.1 Å². The van der Waals surface area contributed by atoms with E-state index in [4.69, 9.17) is 11.6 Å². The molecule has 3 rings (SSSR count). The molecule has 2 amide bonds. The van der Waals surface area contributed by atoms with Crippen molar-refractivity contribution in [3.05, 3.63) is 59.1 Å². The van der Waals surface area contributed by atoms with E-state index in [1.54, 1.807) is 47.4 Å². The first-order valence-corrected chi connectivity index (χ1v) is 11.9. The van der Waals surface area contributed by atoms with E-state index >= 15 is 0 Å². The maximum Gasteiger partial charge on any atom is 0.255 e. The van der Waals surface area contributed by atoms with Crippen molar-refractivity contribution in [2.24, 2.45) is 0 Å². The highest BCUT2D eigenvalue weighted by atomic mass is 35.5. The second kappa shape index (κ2) is 9.06. The Morgan fingerprint density at radius 3 is 2.40 bits per heavy atom. The topological polar surface area (TPSA) is 86.8 Å². The van der Waals surface area contributed by atoms with Crippen LogP contribution in [0.5, 0.6) is 0 Å². The lowest BCUT2D eigenvalue weighted by Gasteiger charge is -2.28. The van der Waals surface area contributed by atoms with Gasteiger partial charge in [-0.2, -0.15) is 0 Å².